The summed E-state index contributed by atoms with van der Waals surface area (Å²) in [5, 5.41) is 3.07. The Morgan fingerprint density at radius 3 is 2.60 bits per heavy atom. The van der Waals surface area contributed by atoms with Crippen LogP contribution >= 0.6 is 0 Å². The van der Waals surface area contributed by atoms with Crippen molar-refractivity contribution in [2.24, 2.45) is 5.92 Å². The fourth-order valence-corrected chi connectivity index (χ4v) is 2.08. The summed E-state index contributed by atoms with van der Waals surface area (Å²) in [7, 11) is 1.86. The molecule has 2 heterocycles. The molecule has 0 unspecified atom stereocenters. The van der Waals surface area contributed by atoms with Crippen molar-refractivity contribution in [3.05, 3.63) is 11.9 Å². The highest BCUT2D eigenvalue weighted by Gasteiger charge is 2.20. The Morgan fingerprint density at radius 1 is 1.30 bits per heavy atom. The van der Waals surface area contributed by atoms with Gasteiger partial charge in [-0.3, -0.25) is 0 Å². The molecule has 1 aliphatic rings. The number of anilines is 1. The highest BCUT2D eigenvalue weighted by molar-refractivity contribution is 5.38. The number of aromatic nitrogens is 2. The Labute approximate surface area is 121 Å². The molecule has 5 nitrogen and oxygen atoms in total. The van der Waals surface area contributed by atoms with Gasteiger partial charge in [-0.25, -0.2) is 4.98 Å². The van der Waals surface area contributed by atoms with Crippen molar-refractivity contribution in [1.29, 1.82) is 0 Å². The van der Waals surface area contributed by atoms with Gasteiger partial charge in [0, 0.05) is 31.7 Å². The van der Waals surface area contributed by atoms with Crippen LogP contribution in [-0.4, -0.2) is 36.8 Å². The fraction of sp³-hybridized carbons (Fsp3) is 0.733. The lowest BCUT2D eigenvalue weighted by molar-refractivity contribution is 0.0489. The van der Waals surface area contributed by atoms with E-state index in [2.05, 4.69) is 36.1 Å². The summed E-state index contributed by atoms with van der Waals surface area (Å²) in [5.41, 5.74) is -0.0936. The van der Waals surface area contributed by atoms with E-state index in [0.717, 1.165) is 37.7 Å². The summed E-state index contributed by atoms with van der Waals surface area (Å²) < 4.78 is 11.2. The first-order chi connectivity index (χ1) is 9.49. The van der Waals surface area contributed by atoms with Crippen LogP contribution in [0.2, 0.25) is 0 Å². The summed E-state index contributed by atoms with van der Waals surface area (Å²) in [6.07, 6.45) is 2.13. The summed E-state index contributed by atoms with van der Waals surface area (Å²) in [5.74, 6) is 2.81. The average Bonchev–Trinajstić information content (AvgIpc) is 2.45. The highest BCUT2D eigenvalue weighted by atomic mass is 16.5. The minimum atomic E-state index is -0.0936. The molecule has 1 saturated heterocycles. The third-order valence-corrected chi connectivity index (χ3v) is 3.44. The van der Waals surface area contributed by atoms with Gasteiger partial charge in [0.2, 0.25) is 5.88 Å². The van der Waals surface area contributed by atoms with Gasteiger partial charge in [0.15, 0.2) is 0 Å². The van der Waals surface area contributed by atoms with Crippen LogP contribution in [0, 0.1) is 5.92 Å². The minimum absolute atomic E-state index is 0.0936. The van der Waals surface area contributed by atoms with Crippen molar-refractivity contribution in [1.82, 2.24) is 9.97 Å². The van der Waals surface area contributed by atoms with Gasteiger partial charge in [0.1, 0.15) is 11.6 Å². The van der Waals surface area contributed by atoms with E-state index in [1.165, 1.54) is 0 Å². The lowest BCUT2D eigenvalue weighted by Crippen LogP contribution is -2.22. The van der Waals surface area contributed by atoms with Gasteiger partial charge in [-0.1, -0.05) is 20.8 Å². The van der Waals surface area contributed by atoms with Crippen LogP contribution in [0.3, 0.4) is 0 Å². The molecule has 1 aromatic rings. The van der Waals surface area contributed by atoms with Crippen molar-refractivity contribution in [3.63, 3.8) is 0 Å². The highest BCUT2D eigenvalue weighted by Crippen LogP contribution is 2.24. The van der Waals surface area contributed by atoms with Crippen LogP contribution in [0.5, 0.6) is 5.88 Å². The molecule has 0 aliphatic carbocycles. The maximum atomic E-state index is 5.88. The molecule has 112 valence electrons. The summed E-state index contributed by atoms with van der Waals surface area (Å²) >= 11 is 0. The van der Waals surface area contributed by atoms with Crippen LogP contribution < -0.4 is 10.1 Å². The number of rotatable bonds is 4. The van der Waals surface area contributed by atoms with E-state index >= 15 is 0 Å². The van der Waals surface area contributed by atoms with Gasteiger partial charge in [-0.05, 0) is 18.8 Å². The second-order valence-electron chi connectivity index (χ2n) is 6.28. The molecule has 1 aromatic heterocycles. The van der Waals surface area contributed by atoms with Crippen molar-refractivity contribution >= 4 is 5.82 Å². The molecule has 5 heteroatoms. The zero-order valence-electron chi connectivity index (χ0n) is 12.9. The van der Waals surface area contributed by atoms with Crippen LogP contribution in [0.4, 0.5) is 5.82 Å². The Balaban J connectivity index is 2.06. The van der Waals surface area contributed by atoms with Crippen LogP contribution in [-0.2, 0) is 10.2 Å². The predicted octanol–water partition coefficient (Wildman–Crippen LogP) is 2.62. The van der Waals surface area contributed by atoms with Gasteiger partial charge in [0.25, 0.3) is 0 Å². The van der Waals surface area contributed by atoms with Crippen molar-refractivity contribution in [2.45, 2.75) is 39.0 Å². The van der Waals surface area contributed by atoms with Crippen LogP contribution in [0.1, 0.15) is 39.4 Å². The molecule has 0 bridgehead atoms. The van der Waals surface area contributed by atoms with Gasteiger partial charge < -0.3 is 14.8 Å². The van der Waals surface area contributed by atoms with E-state index in [1.54, 1.807) is 0 Å². The van der Waals surface area contributed by atoms with E-state index < -0.39 is 0 Å². The molecule has 0 saturated carbocycles. The minimum Gasteiger partial charge on any atom is -0.477 e. The number of hydrogen-bond acceptors (Lipinski definition) is 5. The van der Waals surface area contributed by atoms with Gasteiger partial charge in [0.05, 0.1) is 6.61 Å². The standard InChI is InChI=1S/C15H25N3O2/c1-15(2,3)14-17-12(16-4)9-13(18-14)20-10-11-5-7-19-8-6-11/h9,11H,5-8,10H2,1-4H3,(H,16,17,18). The number of hydrogen-bond donors (Lipinski definition) is 1. The number of ether oxygens (including phenoxy) is 2. The van der Waals surface area contributed by atoms with E-state index in [-0.39, 0.29) is 5.41 Å². The summed E-state index contributed by atoms with van der Waals surface area (Å²) in [4.78, 5) is 9.03. The second-order valence-corrected chi connectivity index (χ2v) is 6.28. The predicted molar refractivity (Wildman–Crippen MR) is 79.3 cm³/mol. The first kappa shape index (κ1) is 15.0. The molecule has 0 radical (unpaired) electrons. The molecule has 2 rings (SSSR count). The third kappa shape index (κ3) is 4.07. The molecule has 1 aliphatic heterocycles. The maximum Gasteiger partial charge on any atom is 0.218 e. The fourth-order valence-electron chi connectivity index (χ4n) is 2.08. The van der Waals surface area contributed by atoms with E-state index in [1.807, 2.05) is 13.1 Å². The lowest BCUT2D eigenvalue weighted by atomic mass is 9.96. The average molecular weight is 279 g/mol. The topological polar surface area (TPSA) is 56.3 Å². The number of nitrogens with one attached hydrogen (secondary N) is 1. The SMILES string of the molecule is CNc1cc(OCC2CCOCC2)nc(C(C)(C)C)n1. The third-order valence-electron chi connectivity index (χ3n) is 3.44. The zero-order valence-corrected chi connectivity index (χ0v) is 12.9. The zero-order chi connectivity index (χ0) is 14.6. The molecule has 0 amide bonds. The van der Waals surface area contributed by atoms with Gasteiger partial charge in [-0.2, -0.15) is 4.98 Å². The number of nitrogens with zero attached hydrogens (tertiary/aromatic N) is 2. The van der Waals surface area contributed by atoms with E-state index in [9.17, 15) is 0 Å². The Bertz CT molecular complexity index is 437. The molecule has 0 aromatic carbocycles. The van der Waals surface area contributed by atoms with E-state index in [4.69, 9.17) is 9.47 Å². The molecular weight excluding hydrogens is 254 g/mol. The first-order valence-electron chi connectivity index (χ1n) is 7.27. The maximum absolute atomic E-state index is 5.88. The molecule has 0 spiro atoms. The quantitative estimate of drug-likeness (QED) is 0.918. The van der Waals surface area contributed by atoms with Crippen molar-refractivity contribution in [2.75, 3.05) is 32.2 Å². The van der Waals surface area contributed by atoms with Gasteiger partial charge in [-0.15, -0.1) is 0 Å². The second kappa shape index (κ2) is 6.39. The molecule has 0 atom stereocenters. The Kier molecular flexibility index (Phi) is 4.81. The largest absolute Gasteiger partial charge is 0.477 e. The Morgan fingerprint density at radius 2 is 2.00 bits per heavy atom. The van der Waals surface area contributed by atoms with E-state index in [0.29, 0.717) is 18.4 Å². The monoisotopic (exact) mass is 279 g/mol. The van der Waals surface area contributed by atoms with Crippen LogP contribution in [0.15, 0.2) is 6.07 Å². The smallest absolute Gasteiger partial charge is 0.218 e. The van der Waals surface area contributed by atoms with Crippen LogP contribution in [0.25, 0.3) is 0 Å². The summed E-state index contributed by atoms with van der Waals surface area (Å²) in [6, 6.07) is 1.86. The Hall–Kier alpha value is -1.36. The molecule has 20 heavy (non-hydrogen) atoms. The van der Waals surface area contributed by atoms with Crippen molar-refractivity contribution in [3.8, 4) is 5.88 Å². The molecule has 1 N–H and O–H groups in total. The molecular formula is C15H25N3O2. The molecule has 1 fully saturated rings. The first-order valence-corrected chi connectivity index (χ1v) is 7.27. The lowest BCUT2D eigenvalue weighted by Gasteiger charge is -2.23. The normalized spacial score (nSPS) is 17.0. The summed E-state index contributed by atoms with van der Waals surface area (Å²) in [6.45, 7) is 8.69. The van der Waals surface area contributed by atoms with Gasteiger partial charge >= 0.3 is 0 Å². The van der Waals surface area contributed by atoms with Crippen molar-refractivity contribution < 1.29 is 9.47 Å².